The van der Waals surface area contributed by atoms with Gasteiger partial charge < -0.3 is 24.1 Å². The minimum atomic E-state index is -2.15. The topological polar surface area (TPSA) is 125 Å². The van der Waals surface area contributed by atoms with Crippen LogP contribution in [-0.4, -0.2) is 70.3 Å². The quantitative estimate of drug-likeness (QED) is 0.383. The Hall–Kier alpha value is -1.58. The van der Waals surface area contributed by atoms with Crippen LogP contribution in [-0.2, 0) is 38.1 Å². The average molecular weight is 415 g/mol. The summed E-state index contributed by atoms with van der Waals surface area (Å²) in [5.41, 5.74) is -2.15. The van der Waals surface area contributed by atoms with E-state index in [0.29, 0.717) is 0 Å². The largest absolute Gasteiger partial charge is 0.457 e. The van der Waals surface area contributed by atoms with Gasteiger partial charge in [0.1, 0.15) is 11.0 Å². The maximum atomic E-state index is 11.5. The van der Waals surface area contributed by atoms with Gasteiger partial charge in [-0.05, 0) is 0 Å². The highest BCUT2D eigenvalue weighted by molar-refractivity contribution is 6.24. The fraction of sp³-hybridized carbons (Fsp3) is 0.733. The molecular weight excluding hydrogens is 395 g/mol. The van der Waals surface area contributed by atoms with E-state index >= 15 is 0 Å². The van der Waals surface area contributed by atoms with Crippen LogP contribution in [0, 0.1) is 0 Å². The van der Waals surface area contributed by atoms with Crippen LogP contribution in [0.3, 0.4) is 0 Å². The second kappa shape index (κ2) is 8.88. The highest BCUT2D eigenvalue weighted by atomic mass is 35.5. The molecule has 1 fully saturated rings. The van der Waals surface area contributed by atoms with E-state index in [1.165, 1.54) is 0 Å². The number of esters is 4. The summed E-state index contributed by atoms with van der Waals surface area (Å²) in [6.45, 7) is 4.26. The molecule has 0 radical (unpaired) electrons. The van der Waals surface area contributed by atoms with Gasteiger partial charge in [0.2, 0.25) is 0 Å². The summed E-state index contributed by atoms with van der Waals surface area (Å²) in [6, 6.07) is 0. The Morgan fingerprint density at radius 2 is 1.19 bits per heavy atom. The molecule has 0 heterocycles. The van der Waals surface area contributed by atoms with Crippen molar-refractivity contribution in [3.05, 3.63) is 0 Å². The molecule has 1 N–H and O–H groups in total. The second-order valence-electron chi connectivity index (χ2n) is 5.78. The van der Waals surface area contributed by atoms with Crippen molar-refractivity contribution in [1.29, 1.82) is 0 Å². The van der Waals surface area contributed by atoms with Crippen molar-refractivity contribution in [3.63, 3.8) is 0 Å². The zero-order valence-corrected chi connectivity index (χ0v) is 16.1. The van der Waals surface area contributed by atoms with E-state index in [0.717, 1.165) is 27.7 Å². The van der Waals surface area contributed by atoms with Gasteiger partial charge in [-0.15, -0.1) is 23.2 Å². The Morgan fingerprint density at radius 3 is 1.58 bits per heavy atom. The third-order valence-electron chi connectivity index (χ3n) is 3.62. The zero-order valence-electron chi connectivity index (χ0n) is 14.6. The van der Waals surface area contributed by atoms with E-state index in [1.807, 2.05) is 0 Å². The first-order valence-corrected chi connectivity index (χ1v) is 8.52. The molecule has 1 aliphatic rings. The summed E-state index contributed by atoms with van der Waals surface area (Å²) >= 11 is 12.1. The van der Waals surface area contributed by atoms with Crippen LogP contribution in [0.4, 0.5) is 0 Å². The van der Waals surface area contributed by atoms with Crippen LogP contribution in [0.1, 0.15) is 27.7 Å². The molecule has 9 nitrogen and oxygen atoms in total. The summed E-state index contributed by atoms with van der Waals surface area (Å²) in [7, 11) is 0. The van der Waals surface area contributed by atoms with Crippen molar-refractivity contribution in [2.75, 3.05) is 5.88 Å². The summed E-state index contributed by atoms with van der Waals surface area (Å²) in [4.78, 5) is 46.0. The van der Waals surface area contributed by atoms with Crippen molar-refractivity contribution < 1.29 is 43.2 Å². The van der Waals surface area contributed by atoms with Crippen molar-refractivity contribution >= 4 is 47.1 Å². The maximum absolute atomic E-state index is 11.5. The average Bonchev–Trinajstić information content (AvgIpc) is 2.50. The van der Waals surface area contributed by atoms with Crippen molar-refractivity contribution in [3.8, 4) is 0 Å². The number of carbonyl (C=O) groups is 4. The first-order valence-electron chi connectivity index (χ1n) is 7.55. The maximum Gasteiger partial charge on any atom is 0.303 e. The lowest BCUT2D eigenvalue weighted by Gasteiger charge is -2.50. The Kier molecular flexibility index (Phi) is 7.67. The van der Waals surface area contributed by atoms with Crippen LogP contribution < -0.4 is 0 Å². The zero-order chi connectivity index (χ0) is 20.2. The van der Waals surface area contributed by atoms with Gasteiger partial charge in [-0.3, -0.25) is 19.2 Å². The lowest BCUT2D eigenvalue weighted by molar-refractivity contribution is -0.242. The van der Waals surface area contributed by atoms with Crippen molar-refractivity contribution in [2.45, 2.75) is 63.1 Å². The fourth-order valence-electron chi connectivity index (χ4n) is 2.71. The number of aliphatic hydroxyl groups is 1. The lowest BCUT2D eigenvalue weighted by atomic mass is 9.77. The molecule has 0 spiro atoms. The molecule has 0 aromatic carbocycles. The molecular formula is C15H20Cl2O9. The third kappa shape index (κ3) is 4.99. The van der Waals surface area contributed by atoms with Gasteiger partial charge in [-0.25, -0.2) is 0 Å². The number of ether oxygens (including phenoxy) is 4. The predicted octanol–water partition coefficient (Wildman–Crippen LogP) is 0.304. The van der Waals surface area contributed by atoms with Crippen LogP contribution >= 0.6 is 23.2 Å². The Balaban J connectivity index is 3.50. The normalized spacial score (nSPS) is 33.7. The molecule has 26 heavy (non-hydrogen) atoms. The SMILES string of the molecule is CC(=O)OC1C(OC(C)=O)C(Cl)C(O)(CCl)C(OC(C)=O)C1OC(C)=O. The highest BCUT2D eigenvalue weighted by Crippen LogP contribution is 2.40. The summed E-state index contributed by atoms with van der Waals surface area (Å²) in [6.07, 6.45) is -5.93. The summed E-state index contributed by atoms with van der Waals surface area (Å²) < 4.78 is 20.4. The van der Waals surface area contributed by atoms with Gasteiger partial charge in [0.15, 0.2) is 24.4 Å². The van der Waals surface area contributed by atoms with Gasteiger partial charge >= 0.3 is 23.9 Å². The van der Waals surface area contributed by atoms with Crippen LogP contribution in [0.15, 0.2) is 0 Å². The molecule has 0 saturated heterocycles. The van der Waals surface area contributed by atoms with Gasteiger partial charge in [0, 0.05) is 27.7 Å². The molecule has 1 saturated carbocycles. The molecule has 0 amide bonds. The Morgan fingerprint density at radius 1 is 0.808 bits per heavy atom. The smallest absolute Gasteiger partial charge is 0.303 e. The molecule has 1 aliphatic carbocycles. The summed E-state index contributed by atoms with van der Waals surface area (Å²) in [5.74, 6) is -3.79. The predicted molar refractivity (Wildman–Crippen MR) is 87.5 cm³/mol. The van der Waals surface area contributed by atoms with E-state index < -0.39 is 65.2 Å². The summed E-state index contributed by atoms with van der Waals surface area (Å²) in [5, 5.41) is 9.47. The monoisotopic (exact) mass is 414 g/mol. The van der Waals surface area contributed by atoms with E-state index in [9.17, 15) is 24.3 Å². The number of hydrogen-bond acceptors (Lipinski definition) is 9. The van der Waals surface area contributed by atoms with E-state index in [1.54, 1.807) is 0 Å². The second-order valence-corrected chi connectivity index (χ2v) is 6.52. The fourth-order valence-corrected chi connectivity index (χ4v) is 3.51. The van der Waals surface area contributed by atoms with Crippen LogP contribution in [0.5, 0.6) is 0 Å². The van der Waals surface area contributed by atoms with Gasteiger partial charge in [-0.2, -0.15) is 0 Å². The molecule has 1 rings (SSSR count). The number of alkyl halides is 2. The third-order valence-corrected chi connectivity index (χ3v) is 4.67. The number of halogens is 2. The minimum Gasteiger partial charge on any atom is -0.457 e. The molecule has 148 valence electrons. The number of hydrogen-bond donors (Lipinski definition) is 1. The highest BCUT2D eigenvalue weighted by Gasteiger charge is 2.64. The van der Waals surface area contributed by atoms with E-state index in [4.69, 9.17) is 42.1 Å². The lowest BCUT2D eigenvalue weighted by Crippen LogP contribution is -2.72. The molecule has 0 aliphatic heterocycles. The first kappa shape index (κ1) is 22.5. The molecule has 0 bridgehead atoms. The molecule has 6 atom stereocenters. The molecule has 0 aromatic rings. The van der Waals surface area contributed by atoms with Gasteiger partial charge in [0.05, 0.1) is 5.88 Å². The van der Waals surface area contributed by atoms with Gasteiger partial charge in [-0.1, -0.05) is 0 Å². The van der Waals surface area contributed by atoms with Crippen molar-refractivity contribution in [1.82, 2.24) is 0 Å². The standard InChI is InChI=1S/C15H20Cl2O9/c1-6(18)23-10-11(24-7(2)19)13(17)15(22,5-16)14(26-9(4)21)12(10)25-8(3)20/h10-14,22H,5H2,1-4H3. The Bertz CT molecular complexity index is 581. The number of rotatable bonds is 5. The van der Waals surface area contributed by atoms with Crippen LogP contribution in [0.25, 0.3) is 0 Å². The molecule has 6 unspecified atom stereocenters. The Labute approximate surface area is 159 Å². The van der Waals surface area contributed by atoms with Crippen molar-refractivity contribution in [2.24, 2.45) is 0 Å². The number of carbonyl (C=O) groups excluding carboxylic acids is 4. The van der Waals surface area contributed by atoms with E-state index in [-0.39, 0.29) is 0 Å². The molecule has 11 heteroatoms. The van der Waals surface area contributed by atoms with E-state index in [2.05, 4.69) is 0 Å². The molecule has 0 aromatic heterocycles. The van der Waals surface area contributed by atoms with Crippen LogP contribution in [0.2, 0.25) is 0 Å². The minimum absolute atomic E-state index is 0.554. The first-order chi connectivity index (χ1) is 11.9. The van der Waals surface area contributed by atoms with Gasteiger partial charge in [0.25, 0.3) is 0 Å².